The number of benzene rings is 2. The third kappa shape index (κ3) is 4.73. The van der Waals surface area contributed by atoms with E-state index < -0.39 is 0 Å². The van der Waals surface area contributed by atoms with Gasteiger partial charge in [0.2, 0.25) is 4.96 Å². The Bertz CT molecular complexity index is 1310. The van der Waals surface area contributed by atoms with E-state index in [1.807, 2.05) is 36.4 Å². The van der Waals surface area contributed by atoms with Crippen molar-refractivity contribution in [2.45, 2.75) is 20.3 Å². The molecule has 2 heterocycles. The summed E-state index contributed by atoms with van der Waals surface area (Å²) < 4.78 is 13.2. The molecule has 0 atom stereocenters. The number of rotatable bonds is 7. The molecule has 0 fully saturated rings. The molecule has 0 aliphatic carbocycles. The fraction of sp³-hybridized carbons (Fsp3) is 0.261. The molecule has 0 N–H and O–H groups in total. The summed E-state index contributed by atoms with van der Waals surface area (Å²) in [6, 6.07) is 12.8. The molecule has 4 aromatic rings. The Hall–Kier alpha value is -2.90. The Morgan fingerprint density at radius 2 is 1.94 bits per heavy atom. The molecule has 0 saturated heterocycles. The minimum absolute atomic E-state index is 0.205. The van der Waals surface area contributed by atoms with Crippen LogP contribution in [0.2, 0.25) is 5.02 Å². The first-order chi connectivity index (χ1) is 14.9. The van der Waals surface area contributed by atoms with Crippen LogP contribution >= 0.6 is 22.9 Å². The lowest BCUT2D eigenvalue weighted by Crippen LogP contribution is -2.23. The molecule has 0 aliphatic heterocycles. The van der Waals surface area contributed by atoms with E-state index >= 15 is 0 Å². The van der Waals surface area contributed by atoms with Gasteiger partial charge in [0, 0.05) is 10.6 Å². The number of hydrogen-bond donors (Lipinski definition) is 0. The zero-order valence-electron chi connectivity index (χ0n) is 17.5. The van der Waals surface area contributed by atoms with Gasteiger partial charge in [-0.2, -0.15) is 9.50 Å². The SMILES string of the molecule is COc1cc(C=c2sc3nc(-c4ccc(Cl)cc4)nn3c2=O)ccc1OCCC(C)C. The minimum atomic E-state index is -0.205. The summed E-state index contributed by atoms with van der Waals surface area (Å²) in [6.07, 6.45) is 2.78. The molecule has 160 valence electrons. The van der Waals surface area contributed by atoms with Gasteiger partial charge in [-0.3, -0.25) is 4.79 Å². The van der Waals surface area contributed by atoms with Crippen LogP contribution in [0.25, 0.3) is 22.4 Å². The van der Waals surface area contributed by atoms with Crippen LogP contribution in [0.3, 0.4) is 0 Å². The van der Waals surface area contributed by atoms with Crippen molar-refractivity contribution < 1.29 is 9.47 Å². The summed E-state index contributed by atoms with van der Waals surface area (Å²) in [5.74, 6) is 2.39. The van der Waals surface area contributed by atoms with E-state index in [-0.39, 0.29) is 5.56 Å². The molecule has 0 unspecified atom stereocenters. The van der Waals surface area contributed by atoms with Crippen molar-refractivity contribution in [2.75, 3.05) is 13.7 Å². The van der Waals surface area contributed by atoms with Gasteiger partial charge in [0.15, 0.2) is 17.3 Å². The number of ether oxygens (including phenoxy) is 2. The van der Waals surface area contributed by atoms with E-state index in [1.165, 1.54) is 15.9 Å². The molecule has 8 heteroatoms. The molecule has 4 rings (SSSR count). The van der Waals surface area contributed by atoms with Crippen LogP contribution in [0.15, 0.2) is 47.3 Å². The van der Waals surface area contributed by atoms with Gasteiger partial charge in [0.25, 0.3) is 5.56 Å². The van der Waals surface area contributed by atoms with E-state index in [4.69, 9.17) is 21.1 Å². The molecule has 2 aromatic heterocycles. The number of halogens is 1. The topological polar surface area (TPSA) is 65.7 Å². The van der Waals surface area contributed by atoms with E-state index in [0.29, 0.717) is 44.4 Å². The lowest BCUT2D eigenvalue weighted by atomic mass is 10.1. The average molecular weight is 456 g/mol. The van der Waals surface area contributed by atoms with Crippen molar-refractivity contribution in [2.24, 2.45) is 5.92 Å². The normalized spacial score (nSPS) is 12.1. The Balaban J connectivity index is 1.63. The molecule has 0 bridgehead atoms. The van der Waals surface area contributed by atoms with Gasteiger partial charge < -0.3 is 9.47 Å². The summed E-state index contributed by atoms with van der Waals surface area (Å²) in [6.45, 7) is 4.94. The second-order valence-electron chi connectivity index (χ2n) is 7.49. The number of hydrogen-bond acceptors (Lipinski definition) is 6. The van der Waals surface area contributed by atoms with Gasteiger partial charge in [0.05, 0.1) is 18.2 Å². The van der Waals surface area contributed by atoms with Gasteiger partial charge in [0.1, 0.15) is 0 Å². The Labute approximate surface area is 188 Å². The molecule has 0 spiro atoms. The van der Waals surface area contributed by atoms with Crippen molar-refractivity contribution in [3.05, 3.63) is 67.9 Å². The van der Waals surface area contributed by atoms with Crippen LogP contribution in [-0.2, 0) is 0 Å². The lowest BCUT2D eigenvalue weighted by molar-refractivity contribution is 0.273. The van der Waals surface area contributed by atoms with Crippen molar-refractivity contribution >= 4 is 34.0 Å². The third-order valence-corrected chi connectivity index (χ3v) is 5.93. The van der Waals surface area contributed by atoms with Crippen LogP contribution in [0.1, 0.15) is 25.8 Å². The maximum Gasteiger partial charge on any atom is 0.291 e. The summed E-state index contributed by atoms with van der Waals surface area (Å²) in [4.78, 5) is 17.9. The largest absolute Gasteiger partial charge is 0.493 e. The zero-order chi connectivity index (χ0) is 22.0. The number of nitrogens with zero attached hydrogens (tertiary/aromatic N) is 3. The quantitative estimate of drug-likeness (QED) is 0.412. The minimum Gasteiger partial charge on any atom is -0.493 e. The first-order valence-corrected chi connectivity index (χ1v) is 11.1. The number of aromatic nitrogens is 3. The van der Waals surface area contributed by atoms with Crippen LogP contribution in [0.4, 0.5) is 0 Å². The van der Waals surface area contributed by atoms with Crippen molar-refractivity contribution in [1.29, 1.82) is 0 Å². The van der Waals surface area contributed by atoms with Crippen molar-refractivity contribution in [3.8, 4) is 22.9 Å². The summed E-state index contributed by atoms with van der Waals surface area (Å²) in [5.41, 5.74) is 1.44. The van der Waals surface area contributed by atoms with Crippen molar-refractivity contribution in [3.63, 3.8) is 0 Å². The van der Waals surface area contributed by atoms with Crippen LogP contribution in [0, 0.1) is 5.92 Å². The average Bonchev–Trinajstić information content (AvgIpc) is 3.28. The predicted molar refractivity (Wildman–Crippen MR) is 124 cm³/mol. The number of methoxy groups -OCH3 is 1. The van der Waals surface area contributed by atoms with Gasteiger partial charge in [-0.25, -0.2) is 0 Å². The molecule has 0 amide bonds. The number of fused-ring (bicyclic) bond motifs is 1. The fourth-order valence-corrected chi connectivity index (χ4v) is 4.04. The van der Waals surface area contributed by atoms with Crippen LogP contribution in [0.5, 0.6) is 11.5 Å². The summed E-state index contributed by atoms with van der Waals surface area (Å²) in [5, 5.41) is 5.00. The standard InChI is InChI=1S/C23H22ClN3O3S/c1-14(2)10-11-30-18-9-4-15(12-19(18)29-3)13-20-22(28)27-23(31-20)25-21(26-27)16-5-7-17(24)8-6-16/h4-9,12-14H,10-11H2,1-3H3. The highest BCUT2D eigenvalue weighted by Gasteiger charge is 2.12. The third-order valence-electron chi connectivity index (χ3n) is 4.72. The molecule has 0 radical (unpaired) electrons. The first-order valence-electron chi connectivity index (χ1n) is 9.92. The maximum atomic E-state index is 12.8. The van der Waals surface area contributed by atoms with E-state index in [0.717, 1.165) is 17.5 Å². The van der Waals surface area contributed by atoms with Crippen LogP contribution < -0.4 is 19.6 Å². The van der Waals surface area contributed by atoms with Crippen molar-refractivity contribution in [1.82, 2.24) is 14.6 Å². The van der Waals surface area contributed by atoms with Crippen LogP contribution in [-0.4, -0.2) is 28.3 Å². The molecule has 0 aliphatic rings. The molecule has 2 aromatic carbocycles. The molecule has 0 saturated carbocycles. The van der Waals surface area contributed by atoms with E-state index in [2.05, 4.69) is 23.9 Å². The Morgan fingerprint density at radius 1 is 1.16 bits per heavy atom. The molecular formula is C23H22ClN3O3S. The van der Waals surface area contributed by atoms with E-state index in [9.17, 15) is 4.79 Å². The molecule has 6 nitrogen and oxygen atoms in total. The monoisotopic (exact) mass is 455 g/mol. The highest BCUT2D eigenvalue weighted by atomic mass is 35.5. The lowest BCUT2D eigenvalue weighted by Gasteiger charge is -2.12. The highest BCUT2D eigenvalue weighted by Crippen LogP contribution is 2.28. The zero-order valence-corrected chi connectivity index (χ0v) is 19.0. The first kappa shape index (κ1) is 21.3. The summed E-state index contributed by atoms with van der Waals surface area (Å²) in [7, 11) is 1.61. The summed E-state index contributed by atoms with van der Waals surface area (Å²) >= 11 is 7.23. The smallest absolute Gasteiger partial charge is 0.291 e. The van der Waals surface area contributed by atoms with Gasteiger partial charge in [-0.05, 0) is 60.4 Å². The molecule has 31 heavy (non-hydrogen) atoms. The fourth-order valence-electron chi connectivity index (χ4n) is 3.00. The van der Waals surface area contributed by atoms with Gasteiger partial charge in [-0.1, -0.05) is 42.9 Å². The Morgan fingerprint density at radius 3 is 2.61 bits per heavy atom. The maximum absolute atomic E-state index is 12.8. The second kappa shape index (κ2) is 9.08. The van der Waals surface area contributed by atoms with Gasteiger partial charge >= 0.3 is 0 Å². The second-order valence-corrected chi connectivity index (χ2v) is 8.94. The predicted octanol–water partition coefficient (Wildman–Crippen LogP) is 4.45. The molecular weight excluding hydrogens is 434 g/mol. The number of thiazole rings is 1. The Kier molecular flexibility index (Phi) is 6.25. The highest BCUT2D eigenvalue weighted by molar-refractivity contribution is 7.15. The van der Waals surface area contributed by atoms with E-state index in [1.54, 1.807) is 19.2 Å². The van der Waals surface area contributed by atoms with Gasteiger partial charge in [-0.15, -0.1) is 5.10 Å².